The molecule has 106 valence electrons. The summed E-state index contributed by atoms with van der Waals surface area (Å²) >= 11 is 1.69. The predicted molar refractivity (Wildman–Crippen MR) is 83.2 cm³/mol. The highest BCUT2D eigenvalue weighted by molar-refractivity contribution is 7.15. The summed E-state index contributed by atoms with van der Waals surface area (Å²) in [5.74, 6) is 1.74. The number of rotatable bonds is 6. The maximum absolute atomic E-state index is 4.77. The van der Waals surface area contributed by atoms with Crippen LogP contribution in [0.5, 0.6) is 0 Å². The number of nitrogens with zero attached hydrogens (tertiary/aromatic N) is 3. The van der Waals surface area contributed by atoms with Crippen LogP contribution in [0.3, 0.4) is 0 Å². The van der Waals surface area contributed by atoms with Crippen LogP contribution in [-0.4, -0.2) is 29.0 Å². The van der Waals surface area contributed by atoms with Crippen LogP contribution < -0.4 is 10.2 Å². The fraction of sp³-hybridized carbons (Fsp3) is 0.643. The maximum Gasteiger partial charge on any atom is 0.195 e. The van der Waals surface area contributed by atoms with E-state index in [9.17, 15) is 0 Å². The number of fused-ring (bicyclic) bond motifs is 1. The van der Waals surface area contributed by atoms with Crippen LogP contribution >= 0.6 is 11.3 Å². The van der Waals surface area contributed by atoms with Crippen molar-refractivity contribution >= 4 is 22.1 Å². The van der Waals surface area contributed by atoms with E-state index in [1.54, 1.807) is 11.3 Å². The van der Waals surface area contributed by atoms with Gasteiger partial charge in [0.25, 0.3) is 0 Å². The molecule has 2 rings (SSSR count). The van der Waals surface area contributed by atoms with Gasteiger partial charge >= 0.3 is 0 Å². The van der Waals surface area contributed by atoms with Crippen molar-refractivity contribution in [1.82, 2.24) is 14.7 Å². The summed E-state index contributed by atoms with van der Waals surface area (Å²) in [6.07, 6.45) is 2.11. The number of hydrogen-bond donors (Lipinski definition) is 1. The van der Waals surface area contributed by atoms with Crippen molar-refractivity contribution in [2.75, 3.05) is 18.5 Å². The Bertz CT molecular complexity index is 527. The molecule has 0 radical (unpaired) electrons. The zero-order valence-electron chi connectivity index (χ0n) is 12.5. The third kappa shape index (κ3) is 3.28. The molecule has 5 heteroatoms. The largest absolute Gasteiger partial charge is 0.358 e. The molecule has 0 aliphatic heterocycles. The van der Waals surface area contributed by atoms with Crippen LogP contribution in [0.15, 0.2) is 11.6 Å². The summed E-state index contributed by atoms with van der Waals surface area (Å²) in [5.41, 5.74) is 1.26. The Morgan fingerprint density at radius 2 is 2.11 bits per heavy atom. The fourth-order valence-corrected chi connectivity index (χ4v) is 2.95. The smallest absolute Gasteiger partial charge is 0.195 e. The Labute approximate surface area is 119 Å². The van der Waals surface area contributed by atoms with E-state index in [1.807, 2.05) is 0 Å². The zero-order valence-corrected chi connectivity index (χ0v) is 13.3. The molecule has 19 heavy (non-hydrogen) atoms. The molecule has 0 aliphatic rings. The highest BCUT2D eigenvalue weighted by atomic mass is 32.1. The van der Waals surface area contributed by atoms with Crippen LogP contribution in [0.1, 0.15) is 33.4 Å². The summed E-state index contributed by atoms with van der Waals surface area (Å²) in [4.78, 5) is 8.11. The normalized spacial score (nSPS) is 11.9. The van der Waals surface area contributed by atoms with E-state index >= 15 is 0 Å². The minimum Gasteiger partial charge on any atom is -0.358 e. The van der Waals surface area contributed by atoms with Gasteiger partial charge in [0.05, 0.1) is 5.69 Å². The molecule has 4 nitrogen and oxygen atoms in total. The molecule has 0 spiro atoms. The first-order chi connectivity index (χ1) is 8.99. The van der Waals surface area contributed by atoms with Gasteiger partial charge in [0.2, 0.25) is 0 Å². The molecular weight excluding hydrogens is 256 g/mol. The Morgan fingerprint density at radius 3 is 2.74 bits per heavy atom. The van der Waals surface area contributed by atoms with Crippen molar-refractivity contribution in [1.29, 1.82) is 0 Å². The number of imidazole rings is 1. The van der Waals surface area contributed by atoms with Gasteiger partial charge in [-0.05, 0) is 5.92 Å². The highest BCUT2D eigenvalue weighted by Gasteiger charge is 2.17. The number of anilines is 1. The predicted octanol–water partition coefficient (Wildman–Crippen LogP) is 2.99. The van der Waals surface area contributed by atoms with Crippen LogP contribution in [-0.2, 0) is 6.54 Å². The molecule has 0 saturated carbocycles. The molecular formula is C14H24N4S. The van der Waals surface area contributed by atoms with Gasteiger partial charge in [-0.25, -0.2) is 4.98 Å². The molecule has 2 heterocycles. The fourth-order valence-electron chi connectivity index (χ4n) is 2.23. The SMILES string of the molecule is CC(C)CN(C)c1nc2sccn2c1CNC(C)C. The molecule has 1 N–H and O–H groups in total. The molecule has 0 amide bonds. The van der Waals surface area contributed by atoms with Gasteiger partial charge in [-0.3, -0.25) is 4.40 Å². The van der Waals surface area contributed by atoms with E-state index in [0.29, 0.717) is 12.0 Å². The van der Waals surface area contributed by atoms with Crippen molar-refractivity contribution in [3.8, 4) is 0 Å². The summed E-state index contributed by atoms with van der Waals surface area (Å²) in [6, 6.07) is 0.479. The summed E-state index contributed by atoms with van der Waals surface area (Å²) in [5, 5.41) is 5.59. The topological polar surface area (TPSA) is 32.6 Å². The van der Waals surface area contributed by atoms with Crippen LogP contribution in [0.2, 0.25) is 0 Å². The Balaban J connectivity index is 2.30. The van der Waals surface area contributed by atoms with Crippen molar-refractivity contribution in [3.63, 3.8) is 0 Å². The molecule has 0 bridgehead atoms. The average Bonchev–Trinajstić information content (AvgIpc) is 2.84. The lowest BCUT2D eigenvalue weighted by molar-refractivity contribution is 0.576. The molecule has 0 saturated heterocycles. The number of nitrogens with one attached hydrogen (secondary N) is 1. The lowest BCUT2D eigenvalue weighted by Crippen LogP contribution is -2.27. The number of thiazole rings is 1. The van der Waals surface area contributed by atoms with Crippen molar-refractivity contribution in [2.24, 2.45) is 5.92 Å². The molecule has 2 aromatic heterocycles. The van der Waals surface area contributed by atoms with Gasteiger partial charge in [-0.1, -0.05) is 27.7 Å². The quantitative estimate of drug-likeness (QED) is 0.883. The van der Waals surface area contributed by atoms with E-state index in [1.165, 1.54) is 5.69 Å². The molecule has 0 aliphatic carbocycles. The molecule has 0 aromatic carbocycles. The van der Waals surface area contributed by atoms with Crippen molar-refractivity contribution < 1.29 is 0 Å². The Morgan fingerprint density at radius 1 is 1.37 bits per heavy atom. The number of aromatic nitrogens is 2. The standard InChI is InChI=1S/C14H24N4S/c1-10(2)9-17(5)13-12(8-15-11(3)4)18-6-7-19-14(18)16-13/h6-7,10-11,15H,8-9H2,1-5H3. The second-order valence-corrected chi connectivity index (χ2v) is 6.62. The third-order valence-corrected chi connectivity index (χ3v) is 3.77. The zero-order chi connectivity index (χ0) is 14.0. The van der Waals surface area contributed by atoms with Gasteiger partial charge in [-0.15, -0.1) is 11.3 Å². The minimum atomic E-state index is 0.479. The summed E-state index contributed by atoms with van der Waals surface area (Å²) in [6.45, 7) is 10.7. The van der Waals surface area contributed by atoms with Gasteiger partial charge in [-0.2, -0.15) is 0 Å². The van der Waals surface area contributed by atoms with E-state index in [2.05, 4.69) is 60.9 Å². The van der Waals surface area contributed by atoms with E-state index in [0.717, 1.165) is 23.9 Å². The van der Waals surface area contributed by atoms with Gasteiger partial charge in [0, 0.05) is 37.8 Å². The van der Waals surface area contributed by atoms with Crippen molar-refractivity contribution in [3.05, 3.63) is 17.3 Å². The molecule has 2 aromatic rings. The highest BCUT2D eigenvalue weighted by Crippen LogP contribution is 2.24. The van der Waals surface area contributed by atoms with Crippen LogP contribution in [0, 0.1) is 5.92 Å². The second-order valence-electron chi connectivity index (χ2n) is 5.75. The first-order valence-corrected chi connectivity index (χ1v) is 7.76. The van der Waals surface area contributed by atoms with Gasteiger partial charge in [0.1, 0.15) is 0 Å². The van der Waals surface area contributed by atoms with Gasteiger partial charge in [0.15, 0.2) is 10.8 Å². The molecule has 0 atom stereocenters. The first kappa shape index (κ1) is 14.3. The monoisotopic (exact) mass is 280 g/mol. The average molecular weight is 280 g/mol. The lowest BCUT2D eigenvalue weighted by atomic mass is 10.2. The van der Waals surface area contributed by atoms with E-state index < -0.39 is 0 Å². The van der Waals surface area contributed by atoms with Crippen LogP contribution in [0.4, 0.5) is 5.82 Å². The van der Waals surface area contributed by atoms with E-state index in [4.69, 9.17) is 4.98 Å². The maximum atomic E-state index is 4.77. The number of hydrogen-bond acceptors (Lipinski definition) is 4. The first-order valence-electron chi connectivity index (χ1n) is 6.88. The van der Waals surface area contributed by atoms with Crippen molar-refractivity contribution in [2.45, 2.75) is 40.3 Å². The second kappa shape index (κ2) is 5.92. The van der Waals surface area contributed by atoms with E-state index in [-0.39, 0.29) is 0 Å². The third-order valence-electron chi connectivity index (χ3n) is 3.02. The van der Waals surface area contributed by atoms with Crippen LogP contribution in [0.25, 0.3) is 4.96 Å². The Hall–Kier alpha value is -1.07. The Kier molecular flexibility index (Phi) is 4.47. The minimum absolute atomic E-state index is 0.479. The van der Waals surface area contributed by atoms with Gasteiger partial charge < -0.3 is 10.2 Å². The molecule has 0 fully saturated rings. The molecule has 0 unspecified atom stereocenters. The summed E-state index contributed by atoms with van der Waals surface area (Å²) in [7, 11) is 2.13. The summed E-state index contributed by atoms with van der Waals surface area (Å²) < 4.78 is 2.20. The lowest BCUT2D eigenvalue weighted by Gasteiger charge is -2.21.